The summed E-state index contributed by atoms with van der Waals surface area (Å²) in [5.41, 5.74) is 0. The van der Waals surface area contributed by atoms with Crippen LogP contribution in [0.1, 0.15) is 239 Å². The number of hydrogen-bond acceptors (Lipinski definition) is 6. The summed E-state index contributed by atoms with van der Waals surface area (Å²) in [6.07, 6.45) is 52.2. The number of hydrogen-bond donors (Lipinski definition) is 1. The number of phosphoric ester groups is 1. The van der Waals surface area contributed by atoms with Crippen molar-refractivity contribution in [2.24, 2.45) is 0 Å². The Morgan fingerprint density at radius 2 is 0.917 bits per heavy atom. The van der Waals surface area contributed by atoms with E-state index < -0.39 is 13.9 Å². The molecule has 0 rings (SSSR count). The van der Waals surface area contributed by atoms with Gasteiger partial charge in [-0.1, -0.05) is 212 Å². The summed E-state index contributed by atoms with van der Waals surface area (Å²) in [5.74, 6) is -0.317. The minimum absolute atomic E-state index is 0.0892. The smallest absolute Gasteiger partial charge is 0.457 e. The van der Waals surface area contributed by atoms with Crippen molar-refractivity contribution in [1.29, 1.82) is 0 Å². The fraction of sp³-hybridized carbons (Fsp3) is 0.902. The third kappa shape index (κ3) is 48.0. The summed E-state index contributed by atoms with van der Waals surface area (Å²) in [6, 6.07) is 0. The Kier molecular flexibility index (Phi) is 43.8. The predicted molar refractivity (Wildman–Crippen MR) is 257 cm³/mol. The molecule has 0 aromatic carbocycles. The van der Waals surface area contributed by atoms with Crippen molar-refractivity contribution in [2.75, 3.05) is 54.1 Å². The third-order valence-electron chi connectivity index (χ3n) is 11.3. The Hall–Kier alpha value is -1.02. The van der Waals surface area contributed by atoms with Gasteiger partial charge < -0.3 is 18.9 Å². The summed E-state index contributed by atoms with van der Waals surface area (Å²) < 4.78 is 35.1. The van der Waals surface area contributed by atoms with Gasteiger partial charge in [-0.25, -0.2) is 4.57 Å². The molecule has 1 N–H and O–H groups in total. The van der Waals surface area contributed by atoms with Crippen molar-refractivity contribution >= 4 is 13.8 Å². The van der Waals surface area contributed by atoms with E-state index in [-0.39, 0.29) is 25.8 Å². The van der Waals surface area contributed by atoms with E-state index in [1.54, 1.807) is 0 Å². The molecule has 0 heterocycles. The largest absolute Gasteiger partial charge is 0.472 e. The molecular weight excluding hydrogens is 770 g/mol. The van der Waals surface area contributed by atoms with Crippen LogP contribution in [0.15, 0.2) is 24.3 Å². The van der Waals surface area contributed by atoms with Crippen LogP contribution in [0, 0.1) is 0 Å². The van der Waals surface area contributed by atoms with E-state index >= 15 is 0 Å². The molecule has 356 valence electrons. The van der Waals surface area contributed by atoms with E-state index in [1.165, 1.54) is 173 Å². The minimum atomic E-state index is -4.28. The van der Waals surface area contributed by atoms with Crippen LogP contribution in [0.4, 0.5) is 0 Å². The van der Waals surface area contributed by atoms with Crippen molar-refractivity contribution in [3.8, 4) is 0 Å². The summed E-state index contributed by atoms with van der Waals surface area (Å²) in [6.45, 7) is 5.64. The van der Waals surface area contributed by atoms with E-state index in [2.05, 4.69) is 38.2 Å². The molecule has 0 saturated carbocycles. The molecule has 8 nitrogen and oxygen atoms in total. The van der Waals surface area contributed by atoms with Gasteiger partial charge in [0.05, 0.1) is 34.4 Å². The normalized spacial score (nSPS) is 13.8. The minimum Gasteiger partial charge on any atom is -0.457 e. The lowest BCUT2D eigenvalue weighted by molar-refractivity contribution is -0.870. The molecule has 0 bridgehead atoms. The molecule has 0 spiro atoms. The topological polar surface area (TPSA) is 91.3 Å². The Morgan fingerprint density at radius 1 is 0.517 bits per heavy atom. The highest BCUT2D eigenvalue weighted by molar-refractivity contribution is 7.47. The highest BCUT2D eigenvalue weighted by Crippen LogP contribution is 2.43. The first-order valence-corrected chi connectivity index (χ1v) is 27.1. The Morgan fingerprint density at radius 3 is 1.38 bits per heavy atom. The monoisotopic (exact) mass is 871 g/mol. The van der Waals surface area contributed by atoms with Crippen molar-refractivity contribution in [1.82, 2.24) is 0 Å². The van der Waals surface area contributed by atoms with Gasteiger partial charge in [-0.15, -0.1) is 0 Å². The first-order chi connectivity index (χ1) is 29.1. The number of quaternary nitrogens is 1. The molecule has 60 heavy (non-hydrogen) atoms. The van der Waals surface area contributed by atoms with Gasteiger partial charge in [0.1, 0.15) is 19.3 Å². The third-order valence-corrected chi connectivity index (χ3v) is 12.2. The van der Waals surface area contributed by atoms with Gasteiger partial charge in [0.2, 0.25) is 0 Å². The Balaban J connectivity index is 4.11. The van der Waals surface area contributed by atoms with Gasteiger partial charge in [0, 0.05) is 13.0 Å². The lowest BCUT2D eigenvalue weighted by atomic mass is 10.0. The average Bonchev–Trinajstić information content (AvgIpc) is 3.20. The number of carbonyl (C=O) groups is 1. The lowest BCUT2D eigenvalue weighted by Gasteiger charge is -2.24. The number of likely N-dealkylation sites (N-methyl/N-ethyl adjacent to an activating group) is 1. The van der Waals surface area contributed by atoms with Crippen molar-refractivity contribution in [3.05, 3.63) is 24.3 Å². The fourth-order valence-corrected chi connectivity index (χ4v) is 8.03. The van der Waals surface area contributed by atoms with Crippen LogP contribution in [-0.2, 0) is 27.9 Å². The molecule has 0 aliphatic heterocycles. The number of allylic oxidation sites excluding steroid dienone is 4. The van der Waals surface area contributed by atoms with Crippen molar-refractivity contribution < 1.29 is 37.3 Å². The molecule has 0 amide bonds. The second kappa shape index (κ2) is 44.6. The zero-order valence-corrected chi connectivity index (χ0v) is 41.4. The lowest BCUT2D eigenvalue weighted by Crippen LogP contribution is -2.37. The van der Waals surface area contributed by atoms with E-state index in [0.29, 0.717) is 24.1 Å². The molecule has 9 heteroatoms. The van der Waals surface area contributed by atoms with Gasteiger partial charge in [-0.2, -0.15) is 0 Å². The summed E-state index contributed by atoms with van der Waals surface area (Å²) >= 11 is 0. The maximum absolute atomic E-state index is 12.7. The molecule has 0 fully saturated rings. The standard InChI is InChI=1S/C51H100NO7P/c1-6-8-10-12-14-16-18-20-22-24-25-26-27-29-31-33-35-37-39-41-43-46-56-48-50(49-58-60(54,55)57-47-45-52(3,4)5)59-51(53)44-42-40-38-36-34-32-30-28-23-21-19-17-15-13-11-9-7-2/h15,17,21,23,50H,6-14,16,18-20,22,24-49H2,1-5H3/p+1/b17-15-,23-21-. The van der Waals surface area contributed by atoms with Crippen LogP contribution in [0.2, 0.25) is 0 Å². The number of nitrogens with zero attached hydrogens (tertiary/aromatic N) is 1. The molecule has 0 aromatic rings. The quantitative estimate of drug-likeness (QED) is 0.0214. The number of rotatable bonds is 48. The zero-order valence-electron chi connectivity index (χ0n) is 40.5. The van der Waals surface area contributed by atoms with Crippen LogP contribution in [0.25, 0.3) is 0 Å². The van der Waals surface area contributed by atoms with Gasteiger partial charge in [0.15, 0.2) is 0 Å². The number of unbranched alkanes of at least 4 members (excludes halogenated alkanes) is 30. The molecule has 0 radical (unpaired) electrons. The first-order valence-electron chi connectivity index (χ1n) is 25.6. The van der Waals surface area contributed by atoms with Gasteiger partial charge in [0.25, 0.3) is 0 Å². The SMILES string of the molecule is CCCCC/C=C\C/C=C\CCCCCCCCCC(=O)OC(COCCCCCCCCCCCCCCCCCCCCCCC)COP(=O)(O)OCC[N+](C)(C)C. The van der Waals surface area contributed by atoms with Gasteiger partial charge in [-0.3, -0.25) is 13.8 Å². The van der Waals surface area contributed by atoms with E-state index in [1.807, 2.05) is 21.1 Å². The van der Waals surface area contributed by atoms with Crippen LogP contribution < -0.4 is 0 Å². The zero-order chi connectivity index (χ0) is 44.1. The van der Waals surface area contributed by atoms with Crippen LogP contribution in [-0.4, -0.2) is 75.6 Å². The number of carbonyl (C=O) groups excluding carboxylic acids is 1. The highest BCUT2D eigenvalue weighted by Gasteiger charge is 2.26. The highest BCUT2D eigenvalue weighted by atomic mass is 31.2. The molecular formula is C51H101NO7P+. The number of esters is 1. The first kappa shape index (κ1) is 59.0. The predicted octanol–water partition coefficient (Wildman–Crippen LogP) is 15.6. The maximum atomic E-state index is 12.7. The molecule has 0 aliphatic rings. The maximum Gasteiger partial charge on any atom is 0.472 e. The summed E-state index contributed by atoms with van der Waals surface area (Å²) in [4.78, 5) is 23.0. The molecule has 2 atom stereocenters. The molecule has 2 unspecified atom stereocenters. The summed E-state index contributed by atoms with van der Waals surface area (Å²) in [5, 5.41) is 0. The summed E-state index contributed by atoms with van der Waals surface area (Å²) in [7, 11) is 1.67. The second-order valence-corrected chi connectivity index (χ2v) is 20.0. The number of ether oxygens (including phenoxy) is 2. The van der Waals surface area contributed by atoms with Crippen molar-refractivity contribution in [2.45, 2.75) is 245 Å². The van der Waals surface area contributed by atoms with Crippen LogP contribution in [0.5, 0.6) is 0 Å². The van der Waals surface area contributed by atoms with E-state index in [4.69, 9.17) is 18.5 Å². The number of phosphoric acid groups is 1. The van der Waals surface area contributed by atoms with Crippen LogP contribution in [0.3, 0.4) is 0 Å². The van der Waals surface area contributed by atoms with E-state index in [9.17, 15) is 14.3 Å². The Labute approximate surface area is 373 Å². The molecule has 0 aromatic heterocycles. The molecule has 0 saturated heterocycles. The Bertz CT molecular complexity index is 1010. The van der Waals surface area contributed by atoms with Crippen molar-refractivity contribution in [3.63, 3.8) is 0 Å². The van der Waals surface area contributed by atoms with E-state index in [0.717, 1.165) is 44.9 Å². The average molecular weight is 871 g/mol. The van der Waals surface area contributed by atoms with Gasteiger partial charge in [-0.05, 0) is 44.9 Å². The molecule has 0 aliphatic carbocycles. The fourth-order valence-electron chi connectivity index (χ4n) is 7.29. The second-order valence-electron chi connectivity index (χ2n) is 18.6. The van der Waals surface area contributed by atoms with Crippen LogP contribution >= 0.6 is 7.82 Å². The van der Waals surface area contributed by atoms with Gasteiger partial charge >= 0.3 is 13.8 Å².